The van der Waals surface area contributed by atoms with Gasteiger partial charge in [-0.2, -0.15) is 0 Å². The van der Waals surface area contributed by atoms with Crippen LogP contribution in [0.5, 0.6) is 0 Å². The fourth-order valence-corrected chi connectivity index (χ4v) is 6.32. The fraction of sp³-hybridized carbons (Fsp3) is 0.762. The van der Waals surface area contributed by atoms with E-state index in [1.807, 2.05) is 0 Å². The molecule has 7 unspecified atom stereocenters. The molecule has 3 saturated carbocycles. The van der Waals surface area contributed by atoms with Gasteiger partial charge < -0.3 is 0 Å². The van der Waals surface area contributed by atoms with Crippen molar-refractivity contribution in [3.05, 3.63) is 24.3 Å². The van der Waals surface area contributed by atoms with Crippen LogP contribution in [0.4, 0.5) is 0 Å². The number of hydrogen-bond acceptors (Lipinski definition) is 1. The molecule has 0 bridgehead atoms. The van der Waals surface area contributed by atoms with Gasteiger partial charge in [0, 0.05) is 0 Å². The zero-order chi connectivity index (χ0) is 16.1. The summed E-state index contributed by atoms with van der Waals surface area (Å²) in [4.78, 5) is 4.65. The molecule has 0 aromatic rings. The highest BCUT2D eigenvalue weighted by atomic mass is 14.9. The van der Waals surface area contributed by atoms with Crippen LogP contribution in [0.15, 0.2) is 29.3 Å². The van der Waals surface area contributed by atoms with Gasteiger partial charge in [-0.25, -0.2) is 0 Å². The van der Waals surface area contributed by atoms with Crippen LogP contribution in [0.2, 0.25) is 0 Å². The monoisotopic (exact) mass is 299 g/mol. The summed E-state index contributed by atoms with van der Waals surface area (Å²) in [6.07, 6.45) is 11.5. The molecule has 0 aromatic carbocycles. The summed E-state index contributed by atoms with van der Waals surface area (Å²) >= 11 is 0. The molecule has 0 aliphatic heterocycles. The third kappa shape index (κ3) is 2.15. The Bertz CT molecular complexity index is 504. The van der Waals surface area contributed by atoms with E-state index in [1.54, 1.807) is 0 Å². The predicted octanol–water partition coefficient (Wildman–Crippen LogP) is 5.68. The van der Waals surface area contributed by atoms with E-state index < -0.39 is 0 Å². The van der Waals surface area contributed by atoms with Gasteiger partial charge in [-0.15, -0.1) is 0 Å². The van der Waals surface area contributed by atoms with Crippen molar-refractivity contribution in [1.82, 2.24) is 0 Å². The van der Waals surface area contributed by atoms with Crippen LogP contribution in [0.1, 0.15) is 59.8 Å². The number of hydrogen-bond donors (Lipinski definition) is 0. The number of aliphatic imine (C=N–C) groups is 1. The normalized spacial score (nSPS) is 50.8. The minimum Gasteiger partial charge on any atom is -0.294 e. The van der Waals surface area contributed by atoms with Crippen molar-refractivity contribution in [2.24, 2.45) is 40.0 Å². The van der Waals surface area contributed by atoms with Gasteiger partial charge >= 0.3 is 0 Å². The molecule has 3 aliphatic rings. The second-order valence-corrected chi connectivity index (χ2v) is 8.80. The van der Waals surface area contributed by atoms with E-state index in [4.69, 9.17) is 0 Å². The molecular weight excluding hydrogens is 266 g/mol. The summed E-state index contributed by atoms with van der Waals surface area (Å²) in [6.45, 7) is 17.5. The van der Waals surface area contributed by atoms with Crippen LogP contribution in [0, 0.1) is 35.0 Å². The molecule has 0 heterocycles. The highest BCUT2D eigenvalue weighted by molar-refractivity contribution is 5.29. The van der Waals surface area contributed by atoms with Crippen LogP contribution >= 0.6 is 0 Å². The van der Waals surface area contributed by atoms with Crippen molar-refractivity contribution in [1.29, 1.82) is 0 Å². The molecule has 0 radical (unpaired) electrons. The minimum atomic E-state index is 0.105. The Labute approximate surface area is 137 Å². The molecule has 0 saturated heterocycles. The maximum atomic E-state index is 4.65. The van der Waals surface area contributed by atoms with E-state index in [0.717, 1.165) is 29.6 Å². The molecule has 3 fully saturated rings. The Morgan fingerprint density at radius 3 is 2.59 bits per heavy atom. The molecule has 0 amide bonds. The standard InChI is InChI=1S/C21H33N/c1-14(2)9-12-21-13-15(3)17-10-11-20(5,22-6)18(19(17)21)8-7-16(21)4/h9,12,15-19H,1,6-8,10-11,13H2,2-5H3. The topological polar surface area (TPSA) is 12.4 Å². The lowest BCUT2D eigenvalue weighted by atomic mass is 9.50. The Morgan fingerprint density at radius 1 is 1.23 bits per heavy atom. The summed E-state index contributed by atoms with van der Waals surface area (Å²) in [7, 11) is 0. The maximum absolute atomic E-state index is 4.65. The van der Waals surface area contributed by atoms with Crippen LogP contribution in [0.25, 0.3) is 0 Å². The fourth-order valence-electron chi connectivity index (χ4n) is 6.32. The van der Waals surface area contributed by atoms with E-state index in [-0.39, 0.29) is 5.54 Å². The molecule has 0 N–H and O–H groups in total. The Kier molecular flexibility index (Phi) is 3.90. The maximum Gasteiger partial charge on any atom is 0.0604 e. The molecule has 1 nitrogen and oxygen atoms in total. The number of nitrogens with zero attached hydrogens (tertiary/aromatic N) is 1. The highest BCUT2D eigenvalue weighted by Crippen LogP contribution is 2.67. The first-order chi connectivity index (χ1) is 10.3. The van der Waals surface area contributed by atoms with E-state index in [9.17, 15) is 0 Å². The average Bonchev–Trinajstić information content (AvgIpc) is 2.78. The lowest BCUT2D eigenvalue weighted by Crippen LogP contribution is -2.53. The zero-order valence-electron chi connectivity index (χ0n) is 14.9. The van der Waals surface area contributed by atoms with E-state index in [2.05, 4.69) is 58.1 Å². The van der Waals surface area contributed by atoms with Crippen LogP contribution in [-0.4, -0.2) is 12.3 Å². The van der Waals surface area contributed by atoms with Crippen LogP contribution in [0.3, 0.4) is 0 Å². The molecule has 3 aliphatic carbocycles. The van der Waals surface area contributed by atoms with Crippen molar-refractivity contribution in [3.8, 4) is 0 Å². The van der Waals surface area contributed by atoms with Gasteiger partial charge in [0.15, 0.2) is 0 Å². The molecule has 122 valence electrons. The van der Waals surface area contributed by atoms with Crippen LogP contribution < -0.4 is 0 Å². The van der Waals surface area contributed by atoms with Gasteiger partial charge in [0.05, 0.1) is 5.54 Å². The van der Waals surface area contributed by atoms with Crippen molar-refractivity contribution < 1.29 is 0 Å². The largest absolute Gasteiger partial charge is 0.294 e. The van der Waals surface area contributed by atoms with E-state index >= 15 is 0 Å². The summed E-state index contributed by atoms with van der Waals surface area (Å²) in [5.41, 5.74) is 1.66. The van der Waals surface area contributed by atoms with Crippen molar-refractivity contribution in [2.75, 3.05) is 0 Å². The molecule has 3 rings (SSSR count). The second kappa shape index (κ2) is 5.35. The van der Waals surface area contributed by atoms with E-state index in [0.29, 0.717) is 5.41 Å². The number of rotatable bonds is 3. The SMILES string of the molecule is C=NC1(C)CCC2C(C)CC3(C=CC(=C)C)C(C)CCC1C23. The van der Waals surface area contributed by atoms with Gasteiger partial charge in [0.1, 0.15) is 0 Å². The first kappa shape index (κ1) is 16.0. The van der Waals surface area contributed by atoms with Crippen molar-refractivity contribution in [2.45, 2.75) is 65.3 Å². The molecular formula is C21H33N. The van der Waals surface area contributed by atoms with Gasteiger partial charge in [0.2, 0.25) is 0 Å². The first-order valence-electron chi connectivity index (χ1n) is 9.16. The Hall–Kier alpha value is -0.850. The van der Waals surface area contributed by atoms with Crippen LogP contribution in [-0.2, 0) is 0 Å². The number of allylic oxidation sites excluding steroid dienone is 3. The minimum absolute atomic E-state index is 0.105. The molecule has 22 heavy (non-hydrogen) atoms. The van der Waals surface area contributed by atoms with Crippen molar-refractivity contribution in [3.63, 3.8) is 0 Å². The lowest BCUT2D eigenvalue weighted by Gasteiger charge is -2.56. The third-order valence-corrected chi connectivity index (χ3v) is 7.57. The Balaban J connectivity index is 2.07. The quantitative estimate of drug-likeness (QED) is 0.470. The smallest absolute Gasteiger partial charge is 0.0604 e. The second-order valence-electron chi connectivity index (χ2n) is 8.80. The summed E-state index contributed by atoms with van der Waals surface area (Å²) in [6, 6.07) is 0. The Morgan fingerprint density at radius 2 is 1.95 bits per heavy atom. The summed E-state index contributed by atoms with van der Waals surface area (Å²) in [5.74, 6) is 4.03. The van der Waals surface area contributed by atoms with Gasteiger partial charge in [-0.05, 0) is 87.7 Å². The zero-order valence-corrected chi connectivity index (χ0v) is 14.9. The lowest BCUT2D eigenvalue weighted by molar-refractivity contribution is -0.0303. The van der Waals surface area contributed by atoms with Crippen molar-refractivity contribution >= 4 is 6.72 Å². The third-order valence-electron chi connectivity index (χ3n) is 7.57. The molecule has 1 heteroatoms. The average molecular weight is 300 g/mol. The first-order valence-corrected chi connectivity index (χ1v) is 9.16. The van der Waals surface area contributed by atoms with Gasteiger partial charge in [0.25, 0.3) is 0 Å². The van der Waals surface area contributed by atoms with Gasteiger partial charge in [-0.1, -0.05) is 38.2 Å². The summed E-state index contributed by atoms with van der Waals surface area (Å²) in [5, 5.41) is 0. The molecule has 0 aromatic heterocycles. The highest BCUT2D eigenvalue weighted by Gasteiger charge is 2.62. The molecule has 7 atom stereocenters. The van der Waals surface area contributed by atoms with E-state index in [1.165, 1.54) is 37.7 Å². The predicted molar refractivity (Wildman–Crippen MR) is 96.2 cm³/mol. The molecule has 0 spiro atoms. The summed E-state index contributed by atoms with van der Waals surface area (Å²) < 4.78 is 0. The van der Waals surface area contributed by atoms with Gasteiger partial charge in [-0.3, -0.25) is 4.99 Å².